The number of benzene rings is 1. The first-order valence-electron chi connectivity index (χ1n) is 6.98. The minimum atomic E-state index is -0.366. The maximum Gasteiger partial charge on any atom is 0.269 e. The maximum absolute atomic E-state index is 12.5. The maximum atomic E-state index is 12.5. The molecule has 1 aromatic heterocycles. The van der Waals surface area contributed by atoms with E-state index in [2.05, 4.69) is 20.5 Å². The van der Waals surface area contributed by atoms with E-state index in [4.69, 9.17) is 23.2 Å². The zero-order chi connectivity index (χ0) is 15.3. The molecule has 2 atom stereocenters. The third kappa shape index (κ3) is 2.06. The predicted octanol–water partition coefficient (Wildman–Crippen LogP) is 3.02. The molecule has 1 aliphatic carbocycles. The molecular formula is C14H11Cl2N5O. The van der Waals surface area contributed by atoms with Crippen LogP contribution < -0.4 is 0 Å². The number of rotatable bonds is 1. The first-order valence-corrected chi connectivity index (χ1v) is 7.74. The summed E-state index contributed by atoms with van der Waals surface area (Å²) in [5, 5.41) is 12.7. The Hall–Kier alpha value is -1.79. The van der Waals surface area contributed by atoms with Crippen molar-refractivity contribution in [1.29, 1.82) is 0 Å². The highest BCUT2D eigenvalue weighted by Crippen LogP contribution is 2.41. The molecular weight excluding hydrogens is 325 g/mol. The number of hydrogen-bond donors (Lipinski definition) is 0. The number of tetrazole rings is 1. The molecule has 1 aliphatic heterocycles. The Morgan fingerprint density at radius 2 is 2.09 bits per heavy atom. The first-order chi connectivity index (χ1) is 10.6. The average molecular weight is 336 g/mol. The van der Waals surface area contributed by atoms with E-state index in [9.17, 15) is 4.79 Å². The summed E-state index contributed by atoms with van der Waals surface area (Å²) in [4.78, 5) is 16.9. The molecule has 0 radical (unpaired) electrons. The second-order valence-electron chi connectivity index (χ2n) is 5.43. The zero-order valence-electron chi connectivity index (χ0n) is 11.4. The molecule has 0 bridgehead atoms. The van der Waals surface area contributed by atoms with Crippen molar-refractivity contribution in [3.05, 3.63) is 33.8 Å². The summed E-state index contributed by atoms with van der Waals surface area (Å²) in [5.41, 5.74) is 1.63. The lowest BCUT2D eigenvalue weighted by Gasteiger charge is -2.33. The lowest BCUT2D eigenvalue weighted by atomic mass is 9.78. The normalized spacial score (nSPS) is 23.7. The van der Waals surface area contributed by atoms with Gasteiger partial charge in [-0.3, -0.25) is 4.79 Å². The van der Waals surface area contributed by atoms with Crippen LogP contribution in [-0.2, 0) is 4.79 Å². The number of nitrogens with zero attached hydrogens (tertiary/aromatic N) is 5. The van der Waals surface area contributed by atoms with Gasteiger partial charge in [-0.25, -0.2) is 9.67 Å². The second-order valence-corrected chi connectivity index (χ2v) is 6.28. The molecule has 6 nitrogen and oxygen atoms in total. The summed E-state index contributed by atoms with van der Waals surface area (Å²) >= 11 is 12.3. The van der Waals surface area contributed by atoms with Crippen LogP contribution in [0, 0.1) is 5.92 Å². The molecule has 112 valence electrons. The van der Waals surface area contributed by atoms with E-state index >= 15 is 0 Å². The van der Waals surface area contributed by atoms with Crippen molar-refractivity contribution in [3.63, 3.8) is 0 Å². The average Bonchev–Trinajstić information content (AvgIpc) is 2.94. The van der Waals surface area contributed by atoms with Crippen molar-refractivity contribution >= 4 is 40.6 Å². The van der Waals surface area contributed by atoms with Crippen LogP contribution in [0.5, 0.6) is 0 Å². The van der Waals surface area contributed by atoms with Gasteiger partial charge in [-0.2, -0.15) is 0 Å². The molecule has 22 heavy (non-hydrogen) atoms. The van der Waals surface area contributed by atoms with Crippen LogP contribution >= 0.6 is 23.2 Å². The Morgan fingerprint density at radius 1 is 1.23 bits per heavy atom. The smallest absolute Gasteiger partial charge is 0.269 e. The number of carbonyl (C=O) groups is 1. The topological polar surface area (TPSA) is 73.0 Å². The summed E-state index contributed by atoms with van der Waals surface area (Å²) in [6.07, 6.45) is 2.14. The molecule has 0 spiro atoms. The van der Waals surface area contributed by atoms with Gasteiger partial charge in [-0.1, -0.05) is 34.4 Å². The van der Waals surface area contributed by atoms with Crippen molar-refractivity contribution in [2.45, 2.75) is 25.3 Å². The van der Waals surface area contributed by atoms with Crippen LogP contribution in [0.15, 0.2) is 23.2 Å². The Kier molecular flexibility index (Phi) is 3.23. The number of Topliss-reactive ketones (excluding diaryl/α,β-unsaturated/α-hetero) is 1. The van der Waals surface area contributed by atoms with Crippen LogP contribution in [-0.4, -0.2) is 31.7 Å². The minimum Gasteiger partial charge on any atom is -0.299 e. The van der Waals surface area contributed by atoms with Crippen molar-refractivity contribution in [2.75, 3.05) is 0 Å². The van der Waals surface area contributed by atoms with Crippen LogP contribution in [0.2, 0.25) is 10.0 Å². The number of aromatic nitrogens is 4. The largest absolute Gasteiger partial charge is 0.299 e. The molecule has 2 unspecified atom stereocenters. The fourth-order valence-electron chi connectivity index (χ4n) is 3.19. The van der Waals surface area contributed by atoms with Gasteiger partial charge in [0.05, 0.1) is 12.0 Å². The SMILES string of the molecule is O=C1CCCC2=Nc3nnnn3C(c3ccc(Cl)cc3Cl)C12. The van der Waals surface area contributed by atoms with E-state index in [0.717, 1.165) is 24.1 Å². The second kappa shape index (κ2) is 5.14. The molecule has 8 heteroatoms. The zero-order valence-corrected chi connectivity index (χ0v) is 12.9. The fourth-order valence-corrected chi connectivity index (χ4v) is 3.71. The summed E-state index contributed by atoms with van der Waals surface area (Å²) in [6.45, 7) is 0. The number of halogens is 2. The number of fused-ring (bicyclic) bond motifs is 2. The molecule has 1 fully saturated rings. The molecule has 1 aromatic carbocycles. The molecule has 2 aliphatic rings. The van der Waals surface area contributed by atoms with Gasteiger partial charge in [0.1, 0.15) is 5.78 Å². The molecule has 0 amide bonds. The lowest BCUT2D eigenvalue weighted by Crippen LogP contribution is -2.39. The monoisotopic (exact) mass is 335 g/mol. The Balaban J connectivity index is 1.92. The van der Waals surface area contributed by atoms with Gasteiger partial charge in [0.2, 0.25) is 0 Å². The van der Waals surface area contributed by atoms with E-state index in [0.29, 0.717) is 22.4 Å². The van der Waals surface area contributed by atoms with Gasteiger partial charge in [-0.05, 0) is 41.0 Å². The highest BCUT2D eigenvalue weighted by molar-refractivity contribution is 6.35. The lowest BCUT2D eigenvalue weighted by molar-refractivity contribution is -0.122. The van der Waals surface area contributed by atoms with Crippen molar-refractivity contribution in [1.82, 2.24) is 20.2 Å². The van der Waals surface area contributed by atoms with Crippen LogP contribution in [0.3, 0.4) is 0 Å². The molecule has 4 rings (SSSR count). The summed E-state index contributed by atoms with van der Waals surface area (Å²) < 4.78 is 1.58. The molecule has 1 saturated carbocycles. The number of aliphatic imine (C=N–C) groups is 1. The minimum absolute atomic E-state index is 0.155. The third-order valence-corrected chi connectivity index (χ3v) is 4.70. The summed E-state index contributed by atoms with van der Waals surface area (Å²) in [7, 11) is 0. The quantitative estimate of drug-likeness (QED) is 0.802. The van der Waals surface area contributed by atoms with Crippen molar-refractivity contribution in [2.24, 2.45) is 10.9 Å². The predicted molar refractivity (Wildman–Crippen MR) is 81.9 cm³/mol. The summed E-state index contributed by atoms with van der Waals surface area (Å²) in [5.74, 6) is 0.211. The van der Waals surface area contributed by atoms with Gasteiger partial charge in [0.25, 0.3) is 5.95 Å². The first kappa shape index (κ1) is 13.8. The number of hydrogen-bond acceptors (Lipinski definition) is 5. The highest BCUT2D eigenvalue weighted by Gasteiger charge is 2.42. The Labute approximate surface area is 136 Å². The van der Waals surface area contributed by atoms with Crippen LogP contribution in [0.4, 0.5) is 5.95 Å². The molecule has 0 N–H and O–H groups in total. The van der Waals surface area contributed by atoms with E-state index in [-0.39, 0.29) is 17.7 Å². The van der Waals surface area contributed by atoms with Crippen molar-refractivity contribution < 1.29 is 4.79 Å². The fraction of sp³-hybridized carbons (Fsp3) is 0.357. The van der Waals surface area contributed by atoms with Gasteiger partial charge >= 0.3 is 0 Å². The highest BCUT2D eigenvalue weighted by atomic mass is 35.5. The Morgan fingerprint density at radius 3 is 2.91 bits per heavy atom. The van der Waals surface area contributed by atoms with Gasteiger partial charge in [-0.15, -0.1) is 0 Å². The van der Waals surface area contributed by atoms with Gasteiger partial charge in [0, 0.05) is 22.2 Å². The van der Waals surface area contributed by atoms with Crippen LogP contribution in [0.25, 0.3) is 0 Å². The molecule has 0 saturated heterocycles. The Bertz CT molecular complexity index is 800. The van der Waals surface area contributed by atoms with Gasteiger partial charge < -0.3 is 0 Å². The van der Waals surface area contributed by atoms with E-state index in [1.807, 2.05) is 6.07 Å². The van der Waals surface area contributed by atoms with E-state index in [1.165, 1.54) is 0 Å². The van der Waals surface area contributed by atoms with E-state index in [1.54, 1.807) is 16.8 Å². The van der Waals surface area contributed by atoms with Crippen molar-refractivity contribution in [3.8, 4) is 0 Å². The number of ketones is 1. The van der Waals surface area contributed by atoms with E-state index < -0.39 is 0 Å². The molecule has 2 heterocycles. The van der Waals surface area contributed by atoms with Gasteiger partial charge in [0.15, 0.2) is 0 Å². The standard InChI is InChI=1S/C14H11Cl2N5O/c15-7-4-5-8(9(16)6-7)13-12-10(2-1-3-11(12)22)17-14-18-19-20-21(13)14/h4-6,12-13H,1-3H2. The number of carbonyl (C=O) groups excluding carboxylic acids is 1. The van der Waals surface area contributed by atoms with Crippen LogP contribution in [0.1, 0.15) is 30.9 Å². The molecule has 2 aromatic rings. The third-order valence-electron chi connectivity index (χ3n) is 4.14. The summed E-state index contributed by atoms with van der Waals surface area (Å²) in [6, 6.07) is 4.88.